The summed E-state index contributed by atoms with van der Waals surface area (Å²) in [5.41, 5.74) is 6.14. The van der Waals surface area contributed by atoms with Gasteiger partial charge in [-0.15, -0.1) is 0 Å². The number of methoxy groups -OCH3 is 1. The predicted octanol–water partition coefficient (Wildman–Crippen LogP) is 0.257. The normalized spacial score (nSPS) is 18.3. The van der Waals surface area contributed by atoms with Gasteiger partial charge in [0.2, 0.25) is 15.9 Å². The Hall–Kier alpha value is -1.97. The van der Waals surface area contributed by atoms with Crippen molar-refractivity contribution in [3.8, 4) is 0 Å². The zero-order chi connectivity index (χ0) is 19.3. The third-order valence-corrected chi connectivity index (χ3v) is 6.28. The first-order valence-corrected chi connectivity index (χ1v) is 9.92. The molecule has 0 saturated carbocycles. The SMILES string of the molecule is COC(=O)c1cc(C)ccc1S(=O)(=O)N1CCCC(C(=O)NCCN)C1. The van der Waals surface area contributed by atoms with Gasteiger partial charge in [-0.2, -0.15) is 4.31 Å². The Bertz CT molecular complexity index is 779. The van der Waals surface area contributed by atoms with Crippen LogP contribution in [0.15, 0.2) is 23.1 Å². The van der Waals surface area contributed by atoms with Crippen LogP contribution < -0.4 is 11.1 Å². The van der Waals surface area contributed by atoms with Crippen molar-refractivity contribution >= 4 is 21.9 Å². The van der Waals surface area contributed by atoms with Crippen LogP contribution in [0.25, 0.3) is 0 Å². The van der Waals surface area contributed by atoms with E-state index in [2.05, 4.69) is 5.32 Å². The van der Waals surface area contributed by atoms with E-state index >= 15 is 0 Å². The molecule has 2 rings (SSSR count). The number of ether oxygens (including phenoxy) is 1. The average Bonchev–Trinajstić information content (AvgIpc) is 2.65. The number of rotatable bonds is 6. The van der Waals surface area contributed by atoms with Crippen LogP contribution in [0.3, 0.4) is 0 Å². The van der Waals surface area contributed by atoms with Crippen LogP contribution in [0, 0.1) is 12.8 Å². The van der Waals surface area contributed by atoms with E-state index in [4.69, 9.17) is 10.5 Å². The lowest BCUT2D eigenvalue weighted by Crippen LogP contribution is -2.46. The number of nitrogens with two attached hydrogens (primary N) is 1. The fourth-order valence-electron chi connectivity index (χ4n) is 2.99. The number of hydrogen-bond donors (Lipinski definition) is 2. The monoisotopic (exact) mass is 383 g/mol. The highest BCUT2D eigenvalue weighted by molar-refractivity contribution is 7.89. The summed E-state index contributed by atoms with van der Waals surface area (Å²) in [5, 5.41) is 2.70. The molecule has 1 aromatic rings. The maximum Gasteiger partial charge on any atom is 0.339 e. The van der Waals surface area contributed by atoms with Crippen LogP contribution in [0.5, 0.6) is 0 Å². The summed E-state index contributed by atoms with van der Waals surface area (Å²) in [6, 6.07) is 4.54. The predicted molar refractivity (Wildman–Crippen MR) is 96.1 cm³/mol. The highest BCUT2D eigenvalue weighted by atomic mass is 32.2. The van der Waals surface area contributed by atoms with Gasteiger partial charge < -0.3 is 15.8 Å². The number of aryl methyl sites for hydroxylation is 1. The zero-order valence-electron chi connectivity index (χ0n) is 15.0. The summed E-state index contributed by atoms with van der Waals surface area (Å²) in [5.74, 6) is -1.34. The van der Waals surface area contributed by atoms with Crippen molar-refractivity contribution in [2.24, 2.45) is 11.7 Å². The molecule has 0 radical (unpaired) electrons. The molecule has 8 nitrogen and oxygen atoms in total. The number of amides is 1. The fourth-order valence-corrected chi connectivity index (χ4v) is 4.68. The summed E-state index contributed by atoms with van der Waals surface area (Å²) in [7, 11) is -2.72. The minimum Gasteiger partial charge on any atom is -0.465 e. The number of nitrogens with zero attached hydrogens (tertiary/aromatic N) is 1. The summed E-state index contributed by atoms with van der Waals surface area (Å²) in [4.78, 5) is 24.1. The second kappa shape index (κ2) is 8.61. The maximum absolute atomic E-state index is 13.1. The van der Waals surface area contributed by atoms with Crippen molar-refractivity contribution in [1.29, 1.82) is 0 Å². The molecular weight excluding hydrogens is 358 g/mol. The molecule has 1 aliphatic heterocycles. The van der Waals surface area contributed by atoms with Crippen LogP contribution in [0.1, 0.15) is 28.8 Å². The van der Waals surface area contributed by atoms with Crippen molar-refractivity contribution in [2.75, 3.05) is 33.3 Å². The molecule has 0 bridgehead atoms. The summed E-state index contributed by atoms with van der Waals surface area (Å²) >= 11 is 0. The lowest BCUT2D eigenvalue weighted by Gasteiger charge is -2.31. The summed E-state index contributed by atoms with van der Waals surface area (Å²) < 4.78 is 32.2. The fraction of sp³-hybridized carbons (Fsp3) is 0.529. The molecule has 1 fully saturated rings. The molecule has 0 aromatic heterocycles. The maximum atomic E-state index is 13.1. The van der Waals surface area contributed by atoms with E-state index in [9.17, 15) is 18.0 Å². The minimum atomic E-state index is -3.92. The number of carbonyl (C=O) groups excluding carboxylic acids is 2. The summed E-state index contributed by atoms with van der Waals surface area (Å²) in [6.07, 6.45) is 1.18. The minimum absolute atomic E-state index is 0.00204. The van der Waals surface area contributed by atoms with Crippen molar-refractivity contribution in [2.45, 2.75) is 24.7 Å². The first-order chi connectivity index (χ1) is 12.3. The van der Waals surface area contributed by atoms with E-state index in [-0.39, 0.29) is 22.9 Å². The van der Waals surface area contributed by atoms with Crippen molar-refractivity contribution < 1.29 is 22.7 Å². The van der Waals surface area contributed by atoms with Gasteiger partial charge in [-0.1, -0.05) is 11.6 Å². The van der Waals surface area contributed by atoms with Crippen LogP contribution in [-0.2, 0) is 19.6 Å². The largest absolute Gasteiger partial charge is 0.465 e. The molecule has 1 aliphatic rings. The van der Waals surface area contributed by atoms with Gasteiger partial charge in [0.25, 0.3) is 0 Å². The van der Waals surface area contributed by atoms with Crippen LogP contribution >= 0.6 is 0 Å². The number of piperidine rings is 1. The van der Waals surface area contributed by atoms with E-state index in [1.807, 2.05) is 0 Å². The highest BCUT2D eigenvalue weighted by Gasteiger charge is 2.35. The average molecular weight is 383 g/mol. The van der Waals surface area contributed by atoms with Crippen LogP contribution in [0.4, 0.5) is 0 Å². The van der Waals surface area contributed by atoms with Crippen molar-refractivity contribution in [3.05, 3.63) is 29.3 Å². The Kier molecular flexibility index (Phi) is 6.74. The molecule has 1 amide bonds. The smallest absolute Gasteiger partial charge is 0.339 e. The second-order valence-electron chi connectivity index (χ2n) is 6.27. The standard InChI is InChI=1S/C17H25N3O5S/c1-12-5-6-15(14(10-12)17(22)25-2)26(23,24)20-9-3-4-13(11-20)16(21)19-8-7-18/h5-6,10,13H,3-4,7-9,11,18H2,1-2H3,(H,19,21). The number of benzene rings is 1. The van der Waals surface area contributed by atoms with Gasteiger partial charge in [0.05, 0.1) is 23.5 Å². The van der Waals surface area contributed by atoms with Gasteiger partial charge in [0.1, 0.15) is 0 Å². The van der Waals surface area contributed by atoms with Gasteiger partial charge in [-0.3, -0.25) is 4.79 Å². The number of nitrogens with one attached hydrogen (secondary N) is 1. The number of esters is 1. The van der Waals surface area contributed by atoms with Gasteiger partial charge >= 0.3 is 5.97 Å². The third-order valence-electron chi connectivity index (χ3n) is 4.36. The van der Waals surface area contributed by atoms with Crippen LogP contribution in [0.2, 0.25) is 0 Å². The lowest BCUT2D eigenvalue weighted by molar-refractivity contribution is -0.126. The van der Waals surface area contributed by atoms with Gasteiger partial charge in [-0.05, 0) is 31.9 Å². The Morgan fingerprint density at radius 3 is 2.77 bits per heavy atom. The van der Waals surface area contributed by atoms with E-state index < -0.39 is 21.9 Å². The molecule has 1 unspecified atom stereocenters. The third kappa shape index (κ3) is 4.40. The molecule has 1 aromatic carbocycles. The van der Waals surface area contributed by atoms with Gasteiger partial charge in [0, 0.05) is 26.2 Å². The number of sulfonamides is 1. The molecule has 144 valence electrons. The molecular formula is C17H25N3O5S. The first kappa shape index (κ1) is 20.3. The van der Waals surface area contributed by atoms with Gasteiger partial charge in [-0.25, -0.2) is 13.2 Å². The van der Waals surface area contributed by atoms with E-state index in [1.54, 1.807) is 13.0 Å². The van der Waals surface area contributed by atoms with E-state index in [0.29, 0.717) is 32.5 Å². The van der Waals surface area contributed by atoms with Gasteiger partial charge in [0.15, 0.2) is 0 Å². The van der Waals surface area contributed by atoms with Crippen molar-refractivity contribution in [1.82, 2.24) is 9.62 Å². The Morgan fingerprint density at radius 1 is 1.38 bits per heavy atom. The molecule has 26 heavy (non-hydrogen) atoms. The van der Waals surface area contributed by atoms with Crippen LogP contribution in [-0.4, -0.2) is 57.9 Å². The molecule has 0 spiro atoms. The highest BCUT2D eigenvalue weighted by Crippen LogP contribution is 2.27. The van der Waals surface area contributed by atoms with E-state index in [0.717, 1.165) is 5.56 Å². The first-order valence-electron chi connectivity index (χ1n) is 8.48. The Balaban J connectivity index is 2.30. The van der Waals surface area contributed by atoms with E-state index in [1.165, 1.54) is 23.5 Å². The number of carbonyl (C=O) groups is 2. The summed E-state index contributed by atoms with van der Waals surface area (Å²) in [6.45, 7) is 2.82. The Labute approximate surface area is 153 Å². The van der Waals surface area contributed by atoms with Crippen molar-refractivity contribution in [3.63, 3.8) is 0 Å². The number of hydrogen-bond acceptors (Lipinski definition) is 6. The molecule has 1 saturated heterocycles. The molecule has 9 heteroatoms. The second-order valence-corrected chi connectivity index (χ2v) is 8.18. The molecule has 1 atom stereocenters. The quantitative estimate of drug-likeness (QED) is 0.680. The Morgan fingerprint density at radius 2 is 2.12 bits per heavy atom. The molecule has 3 N–H and O–H groups in total. The molecule has 0 aliphatic carbocycles. The lowest BCUT2D eigenvalue weighted by atomic mass is 9.99. The molecule has 1 heterocycles. The topological polar surface area (TPSA) is 119 Å². The zero-order valence-corrected chi connectivity index (χ0v) is 15.8.